The molecule has 1 saturated heterocycles. The molecule has 7 N–H and O–H groups in total. The number of carbonyl (C=O) groups excluding carboxylic acids is 2. The number of rotatable bonds is 14. The first kappa shape index (κ1) is 33.8. The summed E-state index contributed by atoms with van der Waals surface area (Å²) < 4.78 is 0. The van der Waals surface area contributed by atoms with Crippen LogP contribution in [0.3, 0.4) is 0 Å². The van der Waals surface area contributed by atoms with Gasteiger partial charge in [0.05, 0.1) is 5.41 Å². The van der Waals surface area contributed by atoms with Crippen LogP contribution in [0.4, 0.5) is 0 Å². The van der Waals surface area contributed by atoms with Crippen molar-refractivity contribution < 1.29 is 14.7 Å². The van der Waals surface area contributed by atoms with Gasteiger partial charge in [-0.25, -0.2) is 0 Å². The number of hydrogen-bond acceptors (Lipinski definition) is 5. The summed E-state index contributed by atoms with van der Waals surface area (Å²) in [7, 11) is 0. The van der Waals surface area contributed by atoms with E-state index in [-0.39, 0.29) is 35.0 Å². The average molecular weight is 631 g/mol. The van der Waals surface area contributed by atoms with E-state index in [9.17, 15) is 14.7 Å². The molecule has 2 amide bonds. The fraction of sp³-hybridized carbons (Fsp3) is 0.595. The zero-order chi connectivity index (χ0) is 33.1. The SMILES string of the molecule is CC(C)C[C@H](NC(=O)[C@]1(c2ccccc2)C[C@@H]1CN1CC[C@@]2(C)c3cc(O)ccc3C[C@@H]1[C@H]2C)C(=O)NCCCCCN=C(N)N. The van der Waals surface area contributed by atoms with Crippen LogP contribution in [-0.4, -0.2) is 66.0 Å². The highest BCUT2D eigenvalue weighted by atomic mass is 16.3. The fourth-order valence-electron chi connectivity index (χ4n) is 8.20. The Morgan fingerprint density at radius 2 is 1.87 bits per heavy atom. The van der Waals surface area contributed by atoms with Gasteiger partial charge < -0.3 is 27.2 Å². The maximum atomic E-state index is 14.3. The number of unbranched alkanes of at least 4 members (excludes halogenated alkanes) is 2. The lowest BCUT2D eigenvalue weighted by Gasteiger charge is -2.55. The number of guanidine groups is 1. The molecule has 0 radical (unpaired) electrons. The molecule has 1 heterocycles. The van der Waals surface area contributed by atoms with Gasteiger partial charge in [-0.2, -0.15) is 0 Å². The molecular formula is C37H54N6O3. The molecule has 9 heteroatoms. The summed E-state index contributed by atoms with van der Waals surface area (Å²) in [6.07, 6.45) is 5.90. The molecule has 6 atom stereocenters. The van der Waals surface area contributed by atoms with Gasteiger partial charge in [-0.1, -0.05) is 64.1 Å². The predicted octanol–water partition coefficient (Wildman–Crippen LogP) is 3.97. The van der Waals surface area contributed by atoms with Crippen molar-refractivity contribution in [2.75, 3.05) is 26.2 Å². The maximum absolute atomic E-state index is 14.3. The fourth-order valence-corrected chi connectivity index (χ4v) is 8.20. The summed E-state index contributed by atoms with van der Waals surface area (Å²) in [5, 5.41) is 16.5. The number of aromatic hydroxyl groups is 1. The smallest absolute Gasteiger partial charge is 0.242 e. The summed E-state index contributed by atoms with van der Waals surface area (Å²) in [6, 6.07) is 15.8. The molecule has 250 valence electrons. The molecule has 2 aliphatic carbocycles. The molecule has 0 unspecified atom stereocenters. The highest BCUT2D eigenvalue weighted by Gasteiger charge is 2.62. The molecule has 9 nitrogen and oxygen atoms in total. The first-order chi connectivity index (χ1) is 22.0. The number of nitrogens with one attached hydrogen (secondary N) is 2. The summed E-state index contributed by atoms with van der Waals surface area (Å²) in [5.74, 6) is 1.12. The second-order valence-electron chi connectivity index (χ2n) is 14.6. The minimum Gasteiger partial charge on any atom is -0.508 e. The van der Waals surface area contributed by atoms with Crippen molar-refractivity contribution >= 4 is 17.8 Å². The predicted molar refractivity (Wildman–Crippen MR) is 183 cm³/mol. The van der Waals surface area contributed by atoms with Crippen LogP contribution in [0.25, 0.3) is 0 Å². The lowest BCUT2D eigenvalue weighted by molar-refractivity contribution is -0.131. The highest BCUT2D eigenvalue weighted by Crippen LogP contribution is 2.57. The third-order valence-electron chi connectivity index (χ3n) is 11.1. The third-order valence-corrected chi connectivity index (χ3v) is 11.1. The highest BCUT2D eigenvalue weighted by molar-refractivity contribution is 5.95. The number of hydrogen-bond donors (Lipinski definition) is 5. The number of aliphatic imine (C=N–C) groups is 1. The maximum Gasteiger partial charge on any atom is 0.242 e. The van der Waals surface area contributed by atoms with E-state index in [1.165, 1.54) is 11.1 Å². The van der Waals surface area contributed by atoms with Crippen molar-refractivity contribution in [3.63, 3.8) is 0 Å². The number of phenols is 1. The van der Waals surface area contributed by atoms with Gasteiger partial charge in [-0.3, -0.25) is 19.5 Å². The van der Waals surface area contributed by atoms with Crippen LogP contribution < -0.4 is 22.1 Å². The number of nitrogens with zero attached hydrogens (tertiary/aromatic N) is 2. The molecular weight excluding hydrogens is 576 g/mol. The van der Waals surface area contributed by atoms with Gasteiger partial charge in [0.15, 0.2) is 5.96 Å². The molecule has 2 aromatic rings. The monoisotopic (exact) mass is 630 g/mol. The zero-order valence-corrected chi connectivity index (χ0v) is 28.1. The Morgan fingerprint density at radius 3 is 2.59 bits per heavy atom. The van der Waals surface area contributed by atoms with Crippen LogP contribution in [0.1, 0.15) is 82.9 Å². The summed E-state index contributed by atoms with van der Waals surface area (Å²) in [5.41, 5.74) is 13.8. The lowest BCUT2D eigenvalue weighted by Crippen LogP contribution is -2.58. The second kappa shape index (κ2) is 14.0. The first-order valence-electron chi connectivity index (χ1n) is 17.2. The van der Waals surface area contributed by atoms with E-state index in [1.807, 2.05) is 30.3 Å². The molecule has 2 fully saturated rings. The quantitative estimate of drug-likeness (QED) is 0.121. The molecule has 46 heavy (non-hydrogen) atoms. The average Bonchev–Trinajstić information content (AvgIpc) is 3.75. The van der Waals surface area contributed by atoms with Gasteiger partial charge in [0.25, 0.3) is 0 Å². The van der Waals surface area contributed by atoms with Gasteiger partial charge in [-0.15, -0.1) is 0 Å². The van der Waals surface area contributed by atoms with Crippen molar-refractivity contribution in [2.24, 2.45) is 34.2 Å². The van der Waals surface area contributed by atoms with E-state index in [0.29, 0.717) is 37.2 Å². The van der Waals surface area contributed by atoms with Crippen LogP contribution in [0.15, 0.2) is 53.5 Å². The van der Waals surface area contributed by atoms with Gasteiger partial charge in [0, 0.05) is 25.7 Å². The standard InChI is InChI=1S/C37H54N6O3/c1-24(2)19-31(33(45)40-16-9-6-10-17-41-35(38)39)42-34(46)37(27-11-7-5-8-12-27)22-28(37)23-43-18-15-36(4)25(3)32(43)20-26-13-14-29(44)21-30(26)36/h5,7-8,11-14,21,24-25,28,31-32,44H,6,9-10,15-20,22-23H2,1-4H3,(H,40,45)(H,42,46)(H4,38,39,41)/t25-,28-,31+,32-,36-,37+/m1/s1. The lowest BCUT2D eigenvalue weighted by atomic mass is 9.59. The van der Waals surface area contributed by atoms with Gasteiger partial charge in [0.1, 0.15) is 11.8 Å². The molecule has 3 aliphatic rings. The van der Waals surface area contributed by atoms with Crippen molar-refractivity contribution in [2.45, 2.75) is 95.6 Å². The number of phenolic OH excluding ortho intramolecular Hbond substituents is 1. The molecule has 5 rings (SSSR count). The third kappa shape index (κ3) is 7.04. The second-order valence-corrected chi connectivity index (χ2v) is 14.6. The van der Waals surface area contributed by atoms with Gasteiger partial charge in [-0.05, 0) is 103 Å². The van der Waals surface area contributed by atoms with Crippen LogP contribution >= 0.6 is 0 Å². The molecule has 0 aromatic heterocycles. The zero-order valence-electron chi connectivity index (χ0n) is 28.1. The minimum atomic E-state index is -0.648. The van der Waals surface area contributed by atoms with E-state index in [0.717, 1.165) is 57.2 Å². The summed E-state index contributed by atoms with van der Waals surface area (Å²) >= 11 is 0. The van der Waals surface area contributed by atoms with Crippen molar-refractivity contribution in [3.05, 3.63) is 65.2 Å². The van der Waals surface area contributed by atoms with E-state index in [4.69, 9.17) is 11.5 Å². The number of piperidine rings is 1. The number of carbonyl (C=O) groups is 2. The van der Waals surface area contributed by atoms with Gasteiger partial charge >= 0.3 is 0 Å². The Labute approximate surface area is 274 Å². The van der Waals surface area contributed by atoms with Crippen LogP contribution in [0, 0.1) is 17.8 Å². The number of fused-ring (bicyclic) bond motifs is 4. The van der Waals surface area contributed by atoms with Crippen molar-refractivity contribution in [3.8, 4) is 5.75 Å². The van der Waals surface area contributed by atoms with Crippen molar-refractivity contribution in [1.82, 2.24) is 15.5 Å². The number of amides is 2. The van der Waals surface area contributed by atoms with E-state index < -0.39 is 11.5 Å². The molecule has 0 spiro atoms. The summed E-state index contributed by atoms with van der Waals surface area (Å²) in [6.45, 7) is 11.8. The van der Waals surface area contributed by atoms with Crippen molar-refractivity contribution in [1.29, 1.82) is 0 Å². The van der Waals surface area contributed by atoms with Crippen LogP contribution in [0.5, 0.6) is 5.75 Å². The van der Waals surface area contributed by atoms with Gasteiger partial charge in [0.2, 0.25) is 11.8 Å². The molecule has 2 bridgehead atoms. The summed E-state index contributed by atoms with van der Waals surface area (Å²) in [4.78, 5) is 34.3. The molecule has 1 aliphatic heterocycles. The topological polar surface area (TPSA) is 146 Å². The van der Waals surface area contributed by atoms with E-state index in [1.54, 1.807) is 0 Å². The molecule has 2 aromatic carbocycles. The number of nitrogens with two attached hydrogens (primary N) is 2. The minimum absolute atomic E-state index is 0.0226. The van der Waals surface area contributed by atoms with Crippen LogP contribution in [0.2, 0.25) is 0 Å². The Balaban J connectivity index is 1.27. The van der Waals surface area contributed by atoms with Crippen LogP contribution in [-0.2, 0) is 26.8 Å². The Morgan fingerprint density at radius 1 is 1.11 bits per heavy atom. The largest absolute Gasteiger partial charge is 0.508 e. The number of likely N-dealkylation sites (tertiary alicyclic amines) is 1. The Kier molecular flexibility index (Phi) is 10.3. The van der Waals surface area contributed by atoms with E-state index >= 15 is 0 Å². The Hall–Kier alpha value is -3.59. The van der Waals surface area contributed by atoms with E-state index in [2.05, 4.69) is 66.4 Å². The Bertz CT molecular complexity index is 1410. The molecule has 1 saturated carbocycles. The normalized spacial score (nSPS) is 27.4. The number of benzene rings is 2. The first-order valence-corrected chi connectivity index (χ1v) is 17.2.